The Balaban J connectivity index is 2.76. The maximum Gasteiger partial charge on any atom is 0.260 e. The number of rotatable bonds is 6. The molecule has 0 unspecified atom stereocenters. The van der Waals surface area contributed by atoms with Crippen LogP contribution in [-0.2, 0) is 4.79 Å². The standard InChI is InChI=1S/C13H17NO4/c1-4-14(2)13(16)9-18-12-7-10(8-15)5-6-11(12)17-3/h5-8H,4,9H2,1-3H3. The summed E-state index contributed by atoms with van der Waals surface area (Å²) in [7, 11) is 3.20. The van der Waals surface area contributed by atoms with Crippen LogP contribution in [-0.4, -0.2) is 44.4 Å². The number of likely N-dealkylation sites (N-methyl/N-ethyl adjacent to an activating group) is 1. The van der Waals surface area contributed by atoms with Crippen LogP contribution >= 0.6 is 0 Å². The van der Waals surface area contributed by atoms with Crippen molar-refractivity contribution in [2.75, 3.05) is 27.3 Å². The first-order valence-corrected chi connectivity index (χ1v) is 5.62. The average Bonchev–Trinajstić information content (AvgIpc) is 2.43. The molecule has 0 aliphatic heterocycles. The van der Waals surface area contributed by atoms with Crippen LogP contribution in [0.5, 0.6) is 11.5 Å². The second kappa shape index (κ2) is 6.64. The average molecular weight is 251 g/mol. The van der Waals surface area contributed by atoms with Gasteiger partial charge in [-0.3, -0.25) is 9.59 Å². The lowest BCUT2D eigenvalue weighted by atomic mass is 10.2. The van der Waals surface area contributed by atoms with Gasteiger partial charge in [-0.25, -0.2) is 0 Å². The Hall–Kier alpha value is -2.04. The van der Waals surface area contributed by atoms with Gasteiger partial charge in [0.2, 0.25) is 0 Å². The molecule has 0 atom stereocenters. The highest BCUT2D eigenvalue weighted by atomic mass is 16.5. The molecule has 0 saturated heterocycles. The lowest BCUT2D eigenvalue weighted by molar-refractivity contribution is -0.131. The summed E-state index contributed by atoms with van der Waals surface area (Å²) in [6.07, 6.45) is 0.715. The van der Waals surface area contributed by atoms with Gasteiger partial charge in [0, 0.05) is 19.2 Å². The van der Waals surface area contributed by atoms with E-state index in [1.54, 1.807) is 30.1 Å². The summed E-state index contributed by atoms with van der Waals surface area (Å²) in [6, 6.07) is 4.80. The van der Waals surface area contributed by atoms with E-state index >= 15 is 0 Å². The Morgan fingerprint density at radius 3 is 2.67 bits per heavy atom. The van der Waals surface area contributed by atoms with Gasteiger partial charge in [0.15, 0.2) is 18.1 Å². The number of hydrogen-bond acceptors (Lipinski definition) is 4. The quantitative estimate of drug-likeness (QED) is 0.716. The van der Waals surface area contributed by atoms with E-state index in [9.17, 15) is 9.59 Å². The largest absolute Gasteiger partial charge is 0.493 e. The van der Waals surface area contributed by atoms with E-state index in [2.05, 4.69) is 0 Å². The Labute approximate surface area is 106 Å². The Morgan fingerprint density at radius 1 is 1.39 bits per heavy atom. The van der Waals surface area contributed by atoms with Crippen LogP contribution in [0.4, 0.5) is 0 Å². The molecular formula is C13H17NO4. The van der Waals surface area contributed by atoms with Crippen molar-refractivity contribution >= 4 is 12.2 Å². The lowest BCUT2D eigenvalue weighted by Crippen LogP contribution is -2.31. The topological polar surface area (TPSA) is 55.8 Å². The van der Waals surface area contributed by atoms with Crippen molar-refractivity contribution in [2.45, 2.75) is 6.92 Å². The summed E-state index contributed by atoms with van der Waals surface area (Å²) in [6.45, 7) is 2.42. The summed E-state index contributed by atoms with van der Waals surface area (Å²) in [4.78, 5) is 23.8. The molecule has 1 amide bonds. The molecule has 0 N–H and O–H groups in total. The lowest BCUT2D eigenvalue weighted by Gasteiger charge is -2.16. The van der Waals surface area contributed by atoms with Crippen LogP contribution in [0, 0.1) is 0 Å². The summed E-state index contributed by atoms with van der Waals surface area (Å²) in [5.74, 6) is 0.753. The van der Waals surface area contributed by atoms with Gasteiger partial charge in [-0.2, -0.15) is 0 Å². The van der Waals surface area contributed by atoms with Crippen LogP contribution < -0.4 is 9.47 Å². The number of amides is 1. The first-order valence-electron chi connectivity index (χ1n) is 5.62. The molecular weight excluding hydrogens is 234 g/mol. The maximum atomic E-state index is 11.6. The second-order valence-electron chi connectivity index (χ2n) is 3.72. The molecule has 5 heteroatoms. The fraction of sp³-hybridized carbons (Fsp3) is 0.385. The third kappa shape index (κ3) is 3.48. The van der Waals surface area contributed by atoms with E-state index < -0.39 is 0 Å². The molecule has 0 heterocycles. The summed E-state index contributed by atoms with van der Waals surface area (Å²) >= 11 is 0. The minimum atomic E-state index is -0.129. The van der Waals surface area contributed by atoms with E-state index in [-0.39, 0.29) is 12.5 Å². The number of nitrogens with zero attached hydrogens (tertiary/aromatic N) is 1. The van der Waals surface area contributed by atoms with Gasteiger partial charge in [-0.05, 0) is 25.1 Å². The fourth-order valence-electron chi connectivity index (χ4n) is 1.31. The van der Waals surface area contributed by atoms with Crippen LogP contribution in [0.15, 0.2) is 18.2 Å². The van der Waals surface area contributed by atoms with Gasteiger partial charge in [-0.1, -0.05) is 0 Å². The predicted octanol–water partition coefficient (Wildman–Crippen LogP) is 1.36. The van der Waals surface area contributed by atoms with Gasteiger partial charge in [0.1, 0.15) is 6.29 Å². The molecule has 0 aromatic heterocycles. The van der Waals surface area contributed by atoms with Gasteiger partial charge in [0.25, 0.3) is 5.91 Å². The first kappa shape index (κ1) is 14.0. The van der Waals surface area contributed by atoms with E-state index in [1.807, 2.05) is 6.92 Å². The zero-order valence-corrected chi connectivity index (χ0v) is 10.8. The third-order valence-electron chi connectivity index (χ3n) is 2.58. The second-order valence-corrected chi connectivity index (χ2v) is 3.72. The van der Waals surface area contributed by atoms with Crippen LogP contribution in [0.2, 0.25) is 0 Å². The van der Waals surface area contributed by atoms with Crippen molar-refractivity contribution in [1.82, 2.24) is 4.90 Å². The van der Waals surface area contributed by atoms with Crippen molar-refractivity contribution in [3.05, 3.63) is 23.8 Å². The highest BCUT2D eigenvalue weighted by Gasteiger charge is 2.10. The molecule has 0 aliphatic carbocycles. The molecule has 18 heavy (non-hydrogen) atoms. The van der Waals surface area contributed by atoms with E-state index in [0.29, 0.717) is 29.9 Å². The number of carbonyl (C=O) groups is 2. The molecule has 0 fully saturated rings. The van der Waals surface area contributed by atoms with Crippen molar-refractivity contribution in [3.63, 3.8) is 0 Å². The molecule has 0 spiro atoms. The molecule has 1 aromatic carbocycles. The highest BCUT2D eigenvalue weighted by molar-refractivity contribution is 5.78. The molecule has 0 radical (unpaired) electrons. The number of ether oxygens (including phenoxy) is 2. The summed E-state index contributed by atoms with van der Waals surface area (Å²) in [5.41, 5.74) is 0.474. The smallest absolute Gasteiger partial charge is 0.260 e. The molecule has 98 valence electrons. The molecule has 1 aromatic rings. The fourth-order valence-corrected chi connectivity index (χ4v) is 1.31. The summed E-state index contributed by atoms with van der Waals surface area (Å²) in [5, 5.41) is 0. The number of aldehydes is 1. The van der Waals surface area contributed by atoms with Crippen molar-refractivity contribution in [2.24, 2.45) is 0 Å². The molecule has 0 bridgehead atoms. The monoisotopic (exact) mass is 251 g/mol. The first-order chi connectivity index (χ1) is 8.62. The molecule has 0 aliphatic rings. The molecule has 1 rings (SSSR count). The highest BCUT2D eigenvalue weighted by Crippen LogP contribution is 2.27. The van der Waals surface area contributed by atoms with Crippen LogP contribution in [0.25, 0.3) is 0 Å². The summed E-state index contributed by atoms with van der Waals surface area (Å²) < 4.78 is 10.5. The number of hydrogen-bond donors (Lipinski definition) is 0. The Kier molecular flexibility index (Phi) is 5.17. The molecule has 5 nitrogen and oxygen atoms in total. The van der Waals surface area contributed by atoms with Crippen LogP contribution in [0.3, 0.4) is 0 Å². The van der Waals surface area contributed by atoms with Gasteiger partial charge in [0.05, 0.1) is 7.11 Å². The molecule has 0 saturated carbocycles. The predicted molar refractivity (Wildman–Crippen MR) is 67.2 cm³/mol. The zero-order valence-electron chi connectivity index (χ0n) is 10.8. The zero-order chi connectivity index (χ0) is 13.5. The van der Waals surface area contributed by atoms with E-state index in [4.69, 9.17) is 9.47 Å². The van der Waals surface area contributed by atoms with Gasteiger partial charge < -0.3 is 14.4 Å². The van der Waals surface area contributed by atoms with Gasteiger partial charge >= 0.3 is 0 Å². The number of methoxy groups -OCH3 is 1. The van der Waals surface area contributed by atoms with E-state index in [1.165, 1.54) is 7.11 Å². The minimum Gasteiger partial charge on any atom is -0.493 e. The Morgan fingerprint density at radius 2 is 2.11 bits per heavy atom. The third-order valence-corrected chi connectivity index (χ3v) is 2.58. The number of benzene rings is 1. The number of carbonyl (C=O) groups excluding carboxylic acids is 2. The normalized spacial score (nSPS) is 9.72. The van der Waals surface area contributed by atoms with Crippen molar-refractivity contribution in [1.29, 1.82) is 0 Å². The Bertz CT molecular complexity index is 431. The maximum absolute atomic E-state index is 11.6. The SMILES string of the molecule is CCN(C)C(=O)COc1cc(C=O)ccc1OC. The van der Waals surface area contributed by atoms with Crippen molar-refractivity contribution in [3.8, 4) is 11.5 Å². The minimum absolute atomic E-state index is 0.0803. The van der Waals surface area contributed by atoms with Crippen molar-refractivity contribution < 1.29 is 19.1 Å². The van der Waals surface area contributed by atoms with Crippen LogP contribution in [0.1, 0.15) is 17.3 Å². The van der Waals surface area contributed by atoms with Gasteiger partial charge in [-0.15, -0.1) is 0 Å². The van der Waals surface area contributed by atoms with E-state index in [0.717, 1.165) is 0 Å².